The van der Waals surface area contributed by atoms with E-state index in [4.69, 9.17) is 16.7 Å². The lowest BCUT2D eigenvalue weighted by Crippen LogP contribution is -2.49. The molecule has 0 saturated carbocycles. The van der Waals surface area contributed by atoms with Gasteiger partial charge in [-0.1, -0.05) is 30.6 Å². The van der Waals surface area contributed by atoms with E-state index in [1.807, 2.05) is 13.0 Å². The highest BCUT2D eigenvalue weighted by molar-refractivity contribution is 7.80. The second kappa shape index (κ2) is 9.14. The van der Waals surface area contributed by atoms with Crippen LogP contribution in [0.1, 0.15) is 36.8 Å². The Morgan fingerprint density at radius 3 is 2.54 bits per heavy atom. The number of nitrogens with zero attached hydrogens (tertiary/aromatic N) is 3. The molecule has 6 heteroatoms. The molecule has 26 heavy (non-hydrogen) atoms. The standard InChI is InChI=1S/C20H28N4OS/c1-3-4-5-17-6-8-18(9-7-17)21-20(26)24-12-10-23(11-13-24)15-19-14-16(2)25-22-19/h6-9,14H,3-5,10-13,15H2,1-2H3,(H,21,26). The molecule has 0 amide bonds. The first-order valence-electron chi connectivity index (χ1n) is 9.43. The zero-order valence-corrected chi connectivity index (χ0v) is 16.5. The van der Waals surface area contributed by atoms with E-state index < -0.39 is 0 Å². The number of unbranched alkanes of at least 4 members (excludes halogenated alkanes) is 1. The van der Waals surface area contributed by atoms with Crippen LogP contribution in [0.25, 0.3) is 0 Å². The van der Waals surface area contributed by atoms with Gasteiger partial charge in [0.1, 0.15) is 5.76 Å². The first kappa shape index (κ1) is 18.9. The maximum absolute atomic E-state index is 5.60. The predicted molar refractivity (Wildman–Crippen MR) is 109 cm³/mol. The Bertz CT molecular complexity index is 705. The van der Waals surface area contributed by atoms with Crippen molar-refractivity contribution in [3.05, 3.63) is 47.3 Å². The fraction of sp³-hybridized carbons (Fsp3) is 0.500. The molecule has 0 atom stereocenters. The molecule has 1 aromatic heterocycles. The SMILES string of the molecule is CCCCc1ccc(NC(=S)N2CCN(Cc3cc(C)on3)CC2)cc1. The third kappa shape index (κ3) is 5.29. The van der Waals surface area contributed by atoms with Crippen LogP contribution in [-0.4, -0.2) is 46.2 Å². The van der Waals surface area contributed by atoms with Gasteiger partial charge in [0.25, 0.3) is 0 Å². The van der Waals surface area contributed by atoms with Crippen molar-refractivity contribution in [2.75, 3.05) is 31.5 Å². The molecule has 0 unspecified atom stereocenters. The number of nitrogens with one attached hydrogen (secondary N) is 1. The van der Waals surface area contributed by atoms with Gasteiger partial charge in [0.2, 0.25) is 0 Å². The monoisotopic (exact) mass is 372 g/mol. The van der Waals surface area contributed by atoms with E-state index in [1.165, 1.54) is 18.4 Å². The highest BCUT2D eigenvalue weighted by Gasteiger charge is 2.20. The quantitative estimate of drug-likeness (QED) is 0.777. The number of piperazine rings is 1. The Labute approximate surface area is 161 Å². The van der Waals surface area contributed by atoms with Crippen LogP contribution in [0.3, 0.4) is 0 Å². The topological polar surface area (TPSA) is 44.5 Å². The van der Waals surface area contributed by atoms with Gasteiger partial charge in [-0.25, -0.2) is 0 Å². The van der Waals surface area contributed by atoms with Crippen LogP contribution in [0.2, 0.25) is 0 Å². The first-order chi connectivity index (χ1) is 12.6. The molecule has 0 aliphatic carbocycles. The lowest BCUT2D eigenvalue weighted by Gasteiger charge is -2.35. The molecule has 1 aromatic carbocycles. The predicted octanol–water partition coefficient (Wildman–Crippen LogP) is 3.84. The van der Waals surface area contributed by atoms with Gasteiger partial charge in [-0.3, -0.25) is 4.90 Å². The number of hydrogen-bond donors (Lipinski definition) is 1. The molecular formula is C20H28N4OS. The van der Waals surface area contributed by atoms with Crippen LogP contribution in [-0.2, 0) is 13.0 Å². The Morgan fingerprint density at radius 1 is 1.19 bits per heavy atom. The number of aryl methyl sites for hydroxylation is 2. The molecule has 1 aliphatic heterocycles. The van der Waals surface area contributed by atoms with Crippen molar-refractivity contribution >= 4 is 23.0 Å². The molecular weight excluding hydrogens is 344 g/mol. The summed E-state index contributed by atoms with van der Waals surface area (Å²) in [7, 11) is 0. The van der Waals surface area contributed by atoms with E-state index in [0.717, 1.165) is 61.4 Å². The number of benzene rings is 1. The summed E-state index contributed by atoms with van der Waals surface area (Å²) in [5.41, 5.74) is 3.45. The van der Waals surface area contributed by atoms with Crippen LogP contribution >= 0.6 is 12.2 Å². The number of rotatable bonds is 6. The number of thiocarbonyl (C=S) groups is 1. The number of aromatic nitrogens is 1. The average molecular weight is 373 g/mol. The average Bonchev–Trinajstić information content (AvgIpc) is 3.06. The summed E-state index contributed by atoms with van der Waals surface area (Å²) in [6.45, 7) is 8.79. The van der Waals surface area contributed by atoms with E-state index in [1.54, 1.807) is 0 Å². The van der Waals surface area contributed by atoms with Gasteiger partial charge in [0.05, 0.1) is 5.69 Å². The summed E-state index contributed by atoms with van der Waals surface area (Å²) in [5.74, 6) is 0.865. The van der Waals surface area contributed by atoms with Gasteiger partial charge >= 0.3 is 0 Å². The Balaban J connectivity index is 1.44. The van der Waals surface area contributed by atoms with Crippen molar-refractivity contribution in [2.24, 2.45) is 0 Å². The van der Waals surface area contributed by atoms with Crippen molar-refractivity contribution in [3.63, 3.8) is 0 Å². The smallest absolute Gasteiger partial charge is 0.173 e. The second-order valence-electron chi connectivity index (χ2n) is 6.92. The molecule has 1 aliphatic rings. The molecule has 2 aromatic rings. The molecule has 3 rings (SSSR count). The molecule has 2 heterocycles. The summed E-state index contributed by atoms with van der Waals surface area (Å²) in [6, 6.07) is 10.6. The van der Waals surface area contributed by atoms with E-state index in [9.17, 15) is 0 Å². The first-order valence-corrected chi connectivity index (χ1v) is 9.84. The highest BCUT2D eigenvalue weighted by Crippen LogP contribution is 2.14. The molecule has 5 nitrogen and oxygen atoms in total. The normalized spacial score (nSPS) is 15.2. The zero-order chi connectivity index (χ0) is 18.4. The number of hydrogen-bond acceptors (Lipinski definition) is 4. The Kier molecular flexibility index (Phi) is 6.63. The third-order valence-corrected chi connectivity index (χ3v) is 5.11. The van der Waals surface area contributed by atoms with Crippen molar-refractivity contribution in [2.45, 2.75) is 39.7 Å². The van der Waals surface area contributed by atoms with E-state index in [2.05, 4.69) is 51.5 Å². The maximum Gasteiger partial charge on any atom is 0.173 e. The zero-order valence-electron chi connectivity index (χ0n) is 15.7. The summed E-state index contributed by atoms with van der Waals surface area (Å²) in [5, 5.41) is 8.26. The van der Waals surface area contributed by atoms with E-state index in [-0.39, 0.29) is 0 Å². The fourth-order valence-corrected chi connectivity index (χ4v) is 3.47. The largest absolute Gasteiger partial charge is 0.361 e. The van der Waals surface area contributed by atoms with Gasteiger partial charge < -0.3 is 14.7 Å². The van der Waals surface area contributed by atoms with E-state index in [0.29, 0.717) is 0 Å². The van der Waals surface area contributed by atoms with E-state index >= 15 is 0 Å². The lowest BCUT2D eigenvalue weighted by molar-refractivity contribution is 0.173. The summed E-state index contributed by atoms with van der Waals surface area (Å²) < 4.78 is 5.14. The summed E-state index contributed by atoms with van der Waals surface area (Å²) >= 11 is 5.60. The molecule has 0 bridgehead atoms. The van der Waals surface area contributed by atoms with Crippen LogP contribution in [0.4, 0.5) is 5.69 Å². The molecule has 1 fully saturated rings. The van der Waals surface area contributed by atoms with Gasteiger partial charge in [-0.2, -0.15) is 0 Å². The highest BCUT2D eigenvalue weighted by atomic mass is 32.1. The third-order valence-electron chi connectivity index (χ3n) is 4.75. The van der Waals surface area contributed by atoms with Crippen LogP contribution in [0, 0.1) is 6.92 Å². The van der Waals surface area contributed by atoms with Crippen molar-refractivity contribution in [3.8, 4) is 0 Å². The van der Waals surface area contributed by atoms with Crippen LogP contribution in [0.5, 0.6) is 0 Å². The van der Waals surface area contributed by atoms with Crippen molar-refractivity contribution in [1.29, 1.82) is 0 Å². The van der Waals surface area contributed by atoms with Crippen LogP contribution < -0.4 is 5.32 Å². The maximum atomic E-state index is 5.60. The molecule has 140 valence electrons. The minimum Gasteiger partial charge on any atom is -0.361 e. The fourth-order valence-electron chi connectivity index (χ4n) is 3.17. The van der Waals surface area contributed by atoms with Crippen molar-refractivity contribution in [1.82, 2.24) is 15.0 Å². The lowest BCUT2D eigenvalue weighted by atomic mass is 10.1. The van der Waals surface area contributed by atoms with Crippen LogP contribution in [0.15, 0.2) is 34.9 Å². The number of anilines is 1. The van der Waals surface area contributed by atoms with Crippen molar-refractivity contribution < 1.29 is 4.52 Å². The van der Waals surface area contributed by atoms with Gasteiger partial charge in [0.15, 0.2) is 5.11 Å². The molecule has 0 radical (unpaired) electrons. The summed E-state index contributed by atoms with van der Waals surface area (Å²) in [4.78, 5) is 4.63. The van der Waals surface area contributed by atoms with Gasteiger partial charge in [-0.05, 0) is 49.7 Å². The minimum absolute atomic E-state index is 0.809. The minimum atomic E-state index is 0.809. The summed E-state index contributed by atoms with van der Waals surface area (Å²) in [6.07, 6.45) is 3.62. The Hall–Kier alpha value is -1.92. The molecule has 1 saturated heterocycles. The van der Waals surface area contributed by atoms with Gasteiger partial charge in [-0.15, -0.1) is 0 Å². The molecule has 0 spiro atoms. The second-order valence-corrected chi connectivity index (χ2v) is 7.31. The van der Waals surface area contributed by atoms with Gasteiger partial charge in [0, 0.05) is 44.5 Å². The Morgan fingerprint density at radius 2 is 1.92 bits per heavy atom. The molecule has 1 N–H and O–H groups in total.